The minimum absolute atomic E-state index is 0.238. The summed E-state index contributed by atoms with van der Waals surface area (Å²) in [6, 6.07) is 3.64. The first-order chi connectivity index (χ1) is 10.2. The van der Waals surface area contributed by atoms with Gasteiger partial charge in [-0.1, -0.05) is 31.4 Å². The lowest BCUT2D eigenvalue weighted by atomic mass is 9.81. The van der Waals surface area contributed by atoms with Gasteiger partial charge in [-0.05, 0) is 31.7 Å². The standard InChI is InChI=1S/C16H24F2N2O/c1-2-21-16(11-7-4-3-5-8-11)15(20-19)12-9-6-10-13(17)14(12)18/h6,9-11,15-16,20H,2-5,7-8,19H2,1H3. The van der Waals surface area contributed by atoms with Gasteiger partial charge in [-0.2, -0.15) is 0 Å². The molecule has 2 unspecified atom stereocenters. The van der Waals surface area contributed by atoms with Gasteiger partial charge in [0, 0.05) is 12.2 Å². The fourth-order valence-corrected chi connectivity index (χ4v) is 3.28. The van der Waals surface area contributed by atoms with Crippen molar-refractivity contribution < 1.29 is 13.5 Å². The molecule has 0 saturated heterocycles. The Morgan fingerprint density at radius 2 is 2.00 bits per heavy atom. The van der Waals surface area contributed by atoms with Crippen LogP contribution in [0.15, 0.2) is 18.2 Å². The van der Waals surface area contributed by atoms with Crippen LogP contribution in [0.3, 0.4) is 0 Å². The minimum atomic E-state index is -0.855. The van der Waals surface area contributed by atoms with E-state index in [4.69, 9.17) is 10.6 Å². The first-order valence-electron chi connectivity index (χ1n) is 7.70. The fraction of sp³-hybridized carbons (Fsp3) is 0.625. The third kappa shape index (κ3) is 3.78. The molecule has 0 aromatic heterocycles. The zero-order valence-corrected chi connectivity index (χ0v) is 12.4. The van der Waals surface area contributed by atoms with Crippen LogP contribution in [0.1, 0.15) is 50.6 Å². The smallest absolute Gasteiger partial charge is 0.163 e. The maximum absolute atomic E-state index is 14.1. The average Bonchev–Trinajstić information content (AvgIpc) is 2.52. The molecule has 2 atom stereocenters. The highest BCUT2D eigenvalue weighted by molar-refractivity contribution is 5.24. The van der Waals surface area contributed by atoms with Gasteiger partial charge in [0.05, 0.1) is 12.1 Å². The van der Waals surface area contributed by atoms with E-state index in [0.29, 0.717) is 12.5 Å². The summed E-state index contributed by atoms with van der Waals surface area (Å²) in [5.41, 5.74) is 2.87. The molecule has 21 heavy (non-hydrogen) atoms. The molecule has 0 aliphatic heterocycles. The van der Waals surface area contributed by atoms with Gasteiger partial charge in [0.15, 0.2) is 11.6 Å². The molecule has 3 N–H and O–H groups in total. The van der Waals surface area contributed by atoms with Crippen molar-refractivity contribution in [3.63, 3.8) is 0 Å². The lowest BCUT2D eigenvalue weighted by Crippen LogP contribution is -2.43. The Labute approximate surface area is 124 Å². The number of hydrogen-bond acceptors (Lipinski definition) is 3. The fourth-order valence-electron chi connectivity index (χ4n) is 3.28. The molecule has 1 saturated carbocycles. The number of hydrogen-bond donors (Lipinski definition) is 2. The van der Waals surface area contributed by atoms with E-state index in [0.717, 1.165) is 31.7 Å². The van der Waals surface area contributed by atoms with Gasteiger partial charge in [0.25, 0.3) is 0 Å². The third-order valence-electron chi connectivity index (χ3n) is 4.30. The lowest BCUT2D eigenvalue weighted by Gasteiger charge is -2.35. The molecule has 1 fully saturated rings. The van der Waals surface area contributed by atoms with Crippen LogP contribution in [-0.2, 0) is 4.74 Å². The van der Waals surface area contributed by atoms with Gasteiger partial charge >= 0.3 is 0 Å². The largest absolute Gasteiger partial charge is 0.376 e. The molecule has 1 aliphatic carbocycles. The van der Waals surface area contributed by atoms with E-state index in [9.17, 15) is 8.78 Å². The maximum atomic E-state index is 14.1. The SMILES string of the molecule is CCOC(C1CCCCC1)C(NN)c1cccc(F)c1F. The Kier molecular flexibility index (Phi) is 6.08. The molecule has 2 rings (SSSR count). The summed E-state index contributed by atoms with van der Waals surface area (Å²) in [6.45, 7) is 2.43. The van der Waals surface area contributed by atoms with E-state index in [1.807, 2.05) is 6.92 Å². The van der Waals surface area contributed by atoms with Gasteiger partial charge in [-0.25, -0.2) is 8.78 Å². The zero-order valence-electron chi connectivity index (χ0n) is 12.4. The summed E-state index contributed by atoms with van der Waals surface area (Å²) in [7, 11) is 0. The lowest BCUT2D eigenvalue weighted by molar-refractivity contribution is -0.0192. The number of ether oxygens (including phenoxy) is 1. The van der Waals surface area contributed by atoms with Crippen molar-refractivity contribution in [2.75, 3.05) is 6.61 Å². The maximum Gasteiger partial charge on any atom is 0.163 e. The molecule has 118 valence electrons. The molecule has 3 nitrogen and oxygen atoms in total. The Morgan fingerprint density at radius 3 is 2.62 bits per heavy atom. The van der Waals surface area contributed by atoms with Crippen LogP contribution < -0.4 is 11.3 Å². The highest BCUT2D eigenvalue weighted by Crippen LogP contribution is 2.35. The molecule has 1 aromatic rings. The van der Waals surface area contributed by atoms with Gasteiger partial charge in [-0.3, -0.25) is 11.3 Å². The Hall–Kier alpha value is -1.04. The number of benzene rings is 1. The van der Waals surface area contributed by atoms with Crippen LogP contribution in [0.5, 0.6) is 0 Å². The van der Waals surface area contributed by atoms with Gasteiger partial charge in [0.1, 0.15) is 0 Å². The summed E-state index contributed by atoms with van der Waals surface area (Å²) in [5.74, 6) is 4.26. The number of rotatable bonds is 6. The van der Waals surface area contributed by atoms with Crippen molar-refractivity contribution in [1.29, 1.82) is 0 Å². The monoisotopic (exact) mass is 298 g/mol. The summed E-state index contributed by atoms with van der Waals surface area (Å²) in [5, 5.41) is 0. The zero-order chi connectivity index (χ0) is 15.2. The number of hydrazine groups is 1. The predicted octanol–water partition coefficient (Wildman–Crippen LogP) is 3.45. The van der Waals surface area contributed by atoms with E-state index < -0.39 is 17.7 Å². The topological polar surface area (TPSA) is 47.3 Å². The molecule has 5 heteroatoms. The van der Waals surface area contributed by atoms with E-state index in [1.54, 1.807) is 6.07 Å². The molecule has 0 radical (unpaired) electrons. The van der Waals surface area contributed by atoms with Crippen molar-refractivity contribution in [2.45, 2.75) is 51.2 Å². The van der Waals surface area contributed by atoms with Crippen molar-refractivity contribution in [3.8, 4) is 0 Å². The first kappa shape index (κ1) is 16.3. The molecule has 1 aromatic carbocycles. The Balaban J connectivity index is 2.28. The van der Waals surface area contributed by atoms with Crippen LogP contribution >= 0.6 is 0 Å². The minimum Gasteiger partial charge on any atom is -0.376 e. The average molecular weight is 298 g/mol. The van der Waals surface area contributed by atoms with Crippen molar-refractivity contribution in [2.24, 2.45) is 11.8 Å². The summed E-state index contributed by atoms with van der Waals surface area (Å²) < 4.78 is 33.4. The number of nitrogens with one attached hydrogen (secondary N) is 1. The Bertz CT molecular complexity index is 450. The molecule has 0 amide bonds. The first-order valence-corrected chi connectivity index (χ1v) is 7.70. The van der Waals surface area contributed by atoms with E-state index >= 15 is 0 Å². The molecular weight excluding hydrogens is 274 g/mol. The second-order valence-electron chi connectivity index (χ2n) is 5.61. The molecular formula is C16H24F2N2O. The van der Waals surface area contributed by atoms with Gasteiger partial charge < -0.3 is 4.74 Å². The van der Waals surface area contributed by atoms with Gasteiger partial charge in [-0.15, -0.1) is 0 Å². The van der Waals surface area contributed by atoms with Crippen LogP contribution in [0.25, 0.3) is 0 Å². The quantitative estimate of drug-likeness (QED) is 0.624. The number of nitrogens with two attached hydrogens (primary N) is 1. The highest BCUT2D eigenvalue weighted by atomic mass is 19.2. The van der Waals surface area contributed by atoms with E-state index in [2.05, 4.69) is 5.43 Å². The summed E-state index contributed by atoms with van der Waals surface area (Å²) in [4.78, 5) is 0. The second-order valence-corrected chi connectivity index (χ2v) is 5.61. The number of halogens is 2. The summed E-state index contributed by atoms with van der Waals surface area (Å²) in [6.07, 6.45) is 5.37. The summed E-state index contributed by atoms with van der Waals surface area (Å²) >= 11 is 0. The Morgan fingerprint density at radius 1 is 1.29 bits per heavy atom. The molecule has 0 spiro atoms. The van der Waals surface area contributed by atoms with Crippen LogP contribution in [0.2, 0.25) is 0 Å². The molecule has 0 heterocycles. The van der Waals surface area contributed by atoms with Crippen LogP contribution in [0.4, 0.5) is 8.78 Å². The molecule has 0 bridgehead atoms. The van der Waals surface area contributed by atoms with Gasteiger partial charge in [0.2, 0.25) is 0 Å². The van der Waals surface area contributed by atoms with Crippen LogP contribution in [0, 0.1) is 17.6 Å². The third-order valence-corrected chi connectivity index (χ3v) is 4.30. The highest BCUT2D eigenvalue weighted by Gasteiger charge is 2.33. The predicted molar refractivity (Wildman–Crippen MR) is 78.4 cm³/mol. The van der Waals surface area contributed by atoms with Crippen molar-refractivity contribution in [1.82, 2.24) is 5.43 Å². The molecule has 1 aliphatic rings. The van der Waals surface area contributed by atoms with E-state index in [-0.39, 0.29) is 11.7 Å². The second kappa shape index (κ2) is 7.82. The van der Waals surface area contributed by atoms with Crippen molar-refractivity contribution in [3.05, 3.63) is 35.4 Å². The van der Waals surface area contributed by atoms with Crippen molar-refractivity contribution >= 4 is 0 Å². The van der Waals surface area contributed by atoms with E-state index in [1.165, 1.54) is 12.5 Å². The van der Waals surface area contributed by atoms with Crippen LogP contribution in [-0.4, -0.2) is 12.7 Å². The normalized spacial score (nSPS) is 19.4.